The minimum absolute atomic E-state index is 0.0601. The first-order valence-corrected chi connectivity index (χ1v) is 16.6. The molecule has 9 heteroatoms. The molecule has 9 nitrogen and oxygen atoms in total. The molecule has 0 bridgehead atoms. The molecule has 3 N–H and O–H groups in total. The number of hydrogen-bond donors (Lipinski definition) is 3. The lowest BCUT2D eigenvalue weighted by molar-refractivity contribution is -0.130. The molecule has 5 aromatic carbocycles. The van der Waals surface area contributed by atoms with Crippen molar-refractivity contribution in [1.29, 1.82) is 0 Å². The molecule has 1 amide bonds. The van der Waals surface area contributed by atoms with Gasteiger partial charge < -0.3 is 24.1 Å². The van der Waals surface area contributed by atoms with Gasteiger partial charge in [-0.25, -0.2) is 10.4 Å². The van der Waals surface area contributed by atoms with Gasteiger partial charge in [0.15, 0.2) is 11.6 Å². The normalized spacial score (nSPS) is 16.6. The first kappa shape index (κ1) is 34.2. The quantitative estimate of drug-likeness (QED) is 0.0867. The van der Waals surface area contributed by atoms with Crippen molar-refractivity contribution in [3.05, 3.63) is 150 Å². The van der Waals surface area contributed by atoms with E-state index < -0.39 is 11.6 Å². The molecule has 6 rings (SSSR count). The predicted octanol–water partition coefficient (Wildman–Crippen LogP) is 6.45. The summed E-state index contributed by atoms with van der Waals surface area (Å²) in [6, 6.07) is 41.1. The molecule has 0 aliphatic carbocycles. The Morgan fingerprint density at radius 1 is 0.760 bits per heavy atom. The van der Waals surface area contributed by atoms with Gasteiger partial charge in [0.05, 0.1) is 20.8 Å². The minimum Gasteiger partial charge on any atom is -0.497 e. The van der Waals surface area contributed by atoms with Crippen LogP contribution in [0, 0.1) is 0 Å². The Hall–Kier alpha value is -5.64. The van der Waals surface area contributed by atoms with E-state index in [0.29, 0.717) is 48.3 Å². The van der Waals surface area contributed by atoms with Crippen LogP contribution in [0.4, 0.5) is 0 Å². The van der Waals surface area contributed by atoms with Gasteiger partial charge in [0.25, 0.3) is 5.91 Å². The molecule has 0 spiro atoms. The molecular weight excluding hydrogens is 630 g/mol. The van der Waals surface area contributed by atoms with E-state index in [9.17, 15) is 4.79 Å². The van der Waals surface area contributed by atoms with E-state index in [-0.39, 0.29) is 18.9 Å². The second-order valence-electron chi connectivity index (χ2n) is 12.0. The van der Waals surface area contributed by atoms with Crippen LogP contribution < -0.4 is 25.1 Å². The molecule has 50 heavy (non-hydrogen) atoms. The van der Waals surface area contributed by atoms with Crippen LogP contribution in [0.3, 0.4) is 0 Å². The summed E-state index contributed by atoms with van der Waals surface area (Å²) in [6.07, 6.45) is 0.0751. The highest BCUT2D eigenvalue weighted by Crippen LogP contribution is 2.43. The Balaban J connectivity index is 1.35. The van der Waals surface area contributed by atoms with Crippen LogP contribution in [0.25, 0.3) is 11.1 Å². The SMILES string of the molecule is COc1cc(CNNC(=O)[C@@]2(Cc3ccccc3)N=C(c3ccc(OCCCO)cc3)O[C@H]2c2ccc(-c3ccccc3)cc2)cc(OC)c1. The fraction of sp³-hybridized carbons (Fsp3) is 0.220. The number of aliphatic imine (C=N–C) groups is 1. The molecule has 0 aromatic heterocycles. The van der Waals surface area contributed by atoms with Crippen LogP contribution in [0.15, 0.2) is 132 Å². The number of nitrogens with one attached hydrogen (secondary N) is 2. The first-order valence-electron chi connectivity index (χ1n) is 16.6. The van der Waals surface area contributed by atoms with Crippen molar-refractivity contribution < 1.29 is 28.8 Å². The number of aliphatic hydroxyl groups is 1. The van der Waals surface area contributed by atoms with Gasteiger partial charge in [-0.05, 0) is 64.2 Å². The molecule has 5 aromatic rings. The minimum atomic E-state index is -1.37. The van der Waals surface area contributed by atoms with E-state index in [1.807, 2.05) is 109 Å². The van der Waals surface area contributed by atoms with E-state index in [2.05, 4.69) is 23.0 Å². The topological polar surface area (TPSA) is 111 Å². The fourth-order valence-corrected chi connectivity index (χ4v) is 5.97. The smallest absolute Gasteiger partial charge is 0.266 e. The van der Waals surface area contributed by atoms with Crippen LogP contribution >= 0.6 is 0 Å². The number of nitrogens with zero attached hydrogens (tertiary/aromatic N) is 1. The number of methoxy groups -OCH3 is 2. The standard InChI is InChI=1S/C41H41N3O6/c1-47-36-24-30(25-37(26-36)48-2)28-42-44-40(46)41(27-29-10-5-3-6-11-29)38(33-16-14-32(15-17-33)31-12-7-4-8-13-31)50-39(43-41)34-18-20-35(21-19-34)49-23-9-22-45/h3-8,10-21,24-26,38,42,45H,9,22-23,27-28H2,1-2H3,(H,44,46)/t38-,41-/m0/s1. The van der Waals surface area contributed by atoms with E-state index in [1.165, 1.54) is 0 Å². The zero-order valence-corrected chi connectivity index (χ0v) is 28.2. The average Bonchev–Trinajstić information content (AvgIpc) is 3.56. The molecule has 0 unspecified atom stereocenters. The lowest BCUT2D eigenvalue weighted by atomic mass is 9.82. The van der Waals surface area contributed by atoms with Crippen molar-refractivity contribution in [2.75, 3.05) is 27.4 Å². The van der Waals surface area contributed by atoms with Gasteiger partial charge in [-0.3, -0.25) is 10.2 Å². The second kappa shape index (κ2) is 16.2. The monoisotopic (exact) mass is 671 g/mol. The summed E-state index contributed by atoms with van der Waals surface area (Å²) < 4.78 is 23.3. The number of amides is 1. The highest BCUT2D eigenvalue weighted by Gasteiger charge is 2.53. The lowest BCUT2D eigenvalue weighted by Gasteiger charge is -2.31. The van der Waals surface area contributed by atoms with Gasteiger partial charge in [0, 0.05) is 37.6 Å². The molecule has 256 valence electrons. The zero-order chi connectivity index (χ0) is 34.8. The van der Waals surface area contributed by atoms with Crippen LogP contribution in [-0.4, -0.2) is 49.9 Å². The Labute approximate surface area is 292 Å². The Morgan fingerprint density at radius 2 is 1.38 bits per heavy atom. The van der Waals surface area contributed by atoms with Crippen molar-refractivity contribution >= 4 is 11.8 Å². The third-order valence-corrected chi connectivity index (χ3v) is 8.57. The van der Waals surface area contributed by atoms with Crippen molar-refractivity contribution in [2.45, 2.75) is 31.0 Å². The van der Waals surface area contributed by atoms with Crippen LogP contribution in [-0.2, 0) is 22.5 Å². The number of benzene rings is 5. The fourth-order valence-electron chi connectivity index (χ4n) is 5.97. The summed E-state index contributed by atoms with van der Waals surface area (Å²) >= 11 is 0. The number of hydrazine groups is 1. The summed E-state index contributed by atoms with van der Waals surface area (Å²) in [5.41, 5.74) is 10.2. The summed E-state index contributed by atoms with van der Waals surface area (Å²) in [5, 5.41) is 9.12. The molecule has 1 heterocycles. The van der Waals surface area contributed by atoms with Crippen molar-refractivity contribution in [2.24, 2.45) is 4.99 Å². The number of aliphatic hydroxyl groups excluding tert-OH is 1. The van der Waals surface area contributed by atoms with Crippen molar-refractivity contribution in [3.63, 3.8) is 0 Å². The number of ether oxygens (including phenoxy) is 4. The average molecular weight is 672 g/mol. The van der Waals surface area contributed by atoms with Gasteiger partial charge in [-0.1, -0.05) is 84.9 Å². The maximum Gasteiger partial charge on any atom is 0.266 e. The van der Waals surface area contributed by atoms with Gasteiger partial charge in [-0.15, -0.1) is 0 Å². The van der Waals surface area contributed by atoms with E-state index >= 15 is 0 Å². The molecule has 0 radical (unpaired) electrons. The predicted molar refractivity (Wildman–Crippen MR) is 193 cm³/mol. The summed E-state index contributed by atoms with van der Waals surface area (Å²) in [7, 11) is 3.20. The number of carbonyl (C=O) groups excluding carboxylic acids is 1. The molecule has 0 saturated carbocycles. The Bertz CT molecular complexity index is 1860. The maximum atomic E-state index is 14.6. The van der Waals surface area contributed by atoms with Gasteiger partial charge in [-0.2, -0.15) is 0 Å². The summed E-state index contributed by atoms with van der Waals surface area (Å²) in [4.78, 5) is 19.7. The molecule has 0 saturated heterocycles. The van der Waals surface area contributed by atoms with Gasteiger partial charge >= 0.3 is 0 Å². The largest absolute Gasteiger partial charge is 0.497 e. The highest BCUT2D eigenvalue weighted by atomic mass is 16.5. The number of carbonyl (C=O) groups is 1. The third-order valence-electron chi connectivity index (χ3n) is 8.57. The number of hydrogen-bond acceptors (Lipinski definition) is 8. The van der Waals surface area contributed by atoms with E-state index in [1.54, 1.807) is 20.3 Å². The molecule has 2 atom stereocenters. The van der Waals surface area contributed by atoms with Crippen LogP contribution in [0.1, 0.15) is 34.8 Å². The third kappa shape index (κ3) is 7.97. The highest BCUT2D eigenvalue weighted by molar-refractivity contribution is 6.01. The molecule has 1 aliphatic heterocycles. The van der Waals surface area contributed by atoms with Gasteiger partial charge in [0.1, 0.15) is 17.2 Å². The Kier molecular flexibility index (Phi) is 11.1. The maximum absolute atomic E-state index is 14.6. The van der Waals surface area contributed by atoms with Gasteiger partial charge in [0.2, 0.25) is 5.90 Å². The molecular formula is C41H41N3O6. The van der Waals surface area contributed by atoms with Crippen LogP contribution in [0.2, 0.25) is 0 Å². The molecule has 1 aliphatic rings. The van der Waals surface area contributed by atoms with E-state index in [4.69, 9.17) is 29.0 Å². The number of rotatable bonds is 15. The summed E-state index contributed by atoms with van der Waals surface area (Å²) in [6.45, 7) is 0.779. The van der Waals surface area contributed by atoms with E-state index in [0.717, 1.165) is 27.8 Å². The molecule has 0 fully saturated rings. The summed E-state index contributed by atoms with van der Waals surface area (Å²) in [5.74, 6) is 1.98. The van der Waals surface area contributed by atoms with Crippen molar-refractivity contribution in [3.8, 4) is 28.4 Å². The second-order valence-corrected chi connectivity index (χ2v) is 12.0. The van der Waals surface area contributed by atoms with Crippen molar-refractivity contribution in [1.82, 2.24) is 10.9 Å². The lowest BCUT2D eigenvalue weighted by Crippen LogP contribution is -2.53. The Morgan fingerprint density at radius 3 is 2.02 bits per heavy atom. The first-order chi connectivity index (χ1) is 24.5. The zero-order valence-electron chi connectivity index (χ0n) is 28.2. The van der Waals surface area contributed by atoms with Crippen LogP contribution in [0.5, 0.6) is 17.2 Å².